The highest BCUT2D eigenvalue weighted by atomic mass is 35.5. The van der Waals surface area contributed by atoms with Crippen molar-refractivity contribution in [2.45, 2.75) is 43.7 Å². The molecule has 2 nitrogen and oxygen atoms in total. The highest BCUT2D eigenvalue weighted by Crippen LogP contribution is 2.43. The minimum atomic E-state index is 0.0168. The molecule has 2 N–H and O–H groups in total. The number of hydrogen-bond acceptors (Lipinski definition) is 2. The first-order valence-corrected chi connectivity index (χ1v) is 6.28. The molecule has 1 saturated carbocycles. The van der Waals surface area contributed by atoms with E-state index in [9.17, 15) is 0 Å². The van der Waals surface area contributed by atoms with Crippen molar-refractivity contribution in [3.63, 3.8) is 0 Å². The minimum absolute atomic E-state index is 0.0168. The third-order valence-electron chi connectivity index (χ3n) is 3.81. The maximum absolute atomic E-state index is 6.12. The van der Waals surface area contributed by atoms with Gasteiger partial charge in [-0.3, -0.25) is 0 Å². The van der Waals surface area contributed by atoms with Gasteiger partial charge in [-0.25, -0.2) is 0 Å². The topological polar surface area (TPSA) is 35.2 Å². The maximum Gasteiger partial charge on any atom is 0.124 e. The molecule has 16 heavy (non-hydrogen) atoms. The second-order valence-corrected chi connectivity index (χ2v) is 5.49. The summed E-state index contributed by atoms with van der Waals surface area (Å²) in [6, 6.07) is 6.32. The number of rotatable bonds is 0. The van der Waals surface area contributed by atoms with E-state index < -0.39 is 0 Å². The quantitative estimate of drug-likeness (QED) is 0.753. The van der Waals surface area contributed by atoms with E-state index in [-0.39, 0.29) is 5.60 Å². The Morgan fingerprint density at radius 1 is 1.31 bits per heavy atom. The molecule has 0 bridgehead atoms. The van der Waals surface area contributed by atoms with Crippen LogP contribution in [0.5, 0.6) is 5.75 Å². The van der Waals surface area contributed by atoms with Gasteiger partial charge in [-0.1, -0.05) is 17.7 Å². The van der Waals surface area contributed by atoms with Gasteiger partial charge in [0.1, 0.15) is 11.4 Å². The maximum atomic E-state index is 6.12. The summed E-state index contributed by atoms with van der Waals surface area (Å²) < 4.78 is 6.12. The van der Waals surface area contributed by atoms with Gasteiger partial charge in [0.25, 0.3) is 0 Å². The van der Waals surface area contributed by atoms with Gasteiger partial charge in [0.2, 0.25) is 0 Å². The lowest BCUT2D eigenvalue weighted by atomic mass is 9.80. The molecule has 1 aliphatic carbocycles. The van der Waals surface area contributed by atoms with Crippen LogP contribution >= 0.6 is 11.6 Å². The number of ether oxygens (including phenoxy) is 1. The lowest BCUT2D eigenvalue weighted by molar-refractivity contribution is 0.0474. The second kappa shape index (κ2) is 3.64. The number of halogens is 1. The van der Waals surface area contributed by atoms with Crippen molar-refractivity contribution in [2.75, 3.05) is 0 Å². The fourth-order valence-corrected chi connectivity index (χ4v) is 2.99. The molecule has 0 aromatic heterocycles. The molecule has 3 rings (SSSR count). The molecule has 0 unspecified atom stereocenters. The Balaban J connectivity index is 1.84. The summed E-state index contributed by atoms with van der Waals surface area (Å²) in [5.74, 6) is 0.975. The van der Waals surface area contributed by atoms with Crippen LogP contribution in [0.4, 0.5) is 0 Å². The van der Waals surface area contributed by atoms with Crippen molar-refractivity contribution in [1.82, 2.24) is 0 Å². The molecule has 86 valence electrons. The van der Waals surface area contributed by atoms with E-state index in [2.05, 4.69) is 6.07 Å². The molecule has 1 spiro atoms. The lowest BCUT2D eigenvalue weighted by Gasteiger charge is -2.35. The average Bonchev–Trinajstić information content (AvgIpc) is 2.60. The van der Waals surface area contributed by atoms with E-state index in [1.807, 2.05) is 12.1 Å². The van der Waals surface area contributed by atoms with Crippen molar-refractivity contribution in [3.05, 3.63) is 28.8 Å². The Kier molecular flexibility index (Phi) is 2.37. The van der Waals surface area contributed by atoms with Crippen LogP contribution in [0.3, 0.4) is 0 Å². The summed E-state index contributed by atoms with van der Waals surface area (Å²) >= 11 is 5.97. The van der Waals surface area contributed by atoms with Crippen LogP contribution in [-0.2, 0) is 6.42 Å². The highest BCUT2D eigenvalue weighted by Gasteiger charge is 2.41. The molecule has 0 amide bonds. The summed E-state index contributed by atoms with van der Waals surface area (Å²) in [7, 11) is 0. The summed E-state index contributed by atoms with van der Waals surface area (Å²) in [6.45, 7) is 0. The standard InChI is InChI=1S/C13H16ClNO/c14-10-2-1-9-8-13(16-12(9)7-10)5-3-11(15)4-6-13/h1-2,7,11H,3-6,8,15H2. The van der Waals surface area contributed by atoms with E-state index >= 15 is 0 Å². The van der Waals surface area contributed by atoms with E-state index in [1.54, 1.807) is 0 Å². The van der Waals surface area contributed by atoms with Crippen LogP contribution in [0.2, 0.25) is 5.02 Å². The highest BCUT2D eigenvalue weighted by molar-refractivity contribution is 6.30. The molecular weight excluding hydrogens is 222 g/mol. The zero-order valence-corrected chi connectivity index (χ0v) is 9.96. The van der Waals surface area contributed by atoms with Crippen LogP contribution in [0, 0.1) is 0 Å². The van der Waals surface area contributed by atoms with Crippen LogP contribution in [0.25, 0.3) is 0 Å². The molecule has 1 fully saturated rings. The number of nitrogens with two attached hydrogens (primary N) is 1. The molecule has 1 aromatic carbocycles. The van der Waals surface area contributed by atoms with Crippen LogP contribution in [0.15, 0.2) is 18.2 Å². The Morgan fingerprint density at radius 3 is 2.81 bits per heavy atom. The number of fused-ring (bicyclic) bond motifs is 1. The Bertz CT molecular complexity index is 410. The van der Waals surface area contributed by atoms with E-state index in [0.717, 1.165) is 42.9 Å². The Hall–Kier alpha value is -0.730. The molecular formula is C13H16ClNO. The average molecular weight is 238 g/mol. The Labute approximate surface area is 101 Å². The first-order chi connectivity index (χ1) is 7.67. The van der Waals surface area contributed by atoms with Crippen molar-refractivity contribution in [1.29, 1.82) is 0 Å². The predicted octanol–water partition coefficient (Wildman–Crippen LogP) is 2.92. The molecule has 1 heterocycles. The van der Waals surface area contributed by atoms with Gasteiger partial charge >= 0.3 is 0 Å². The summed E-state index contributed by atoms with van der Waals surface area (Å²) in [5, 5.41) is 0.753. The number of benzene rings is 1. The van der Waals surface area contributed by atoms with Crippen molar-refractivity contribution in [3.8, 4) is 5.75 Å². The monoisotopic (exact) mass is 237 g/mol. The van der Waals surface area contributed by atoms with E-state index in [1.165, 1.54) is 5.56 Å². The van der Waals surface area contributed by atoms with Crippen LogP contribution < -0.4 is 10.5 Å². The zero-order chi connectivity index (χ0) is 11.2. The van der Waals surface area contributed by atoms with Crippen molar-refractivity contribution in [2.24, 2.45) is 5.73 Å². The fourth-order valence-electron chi connectivity index (χ4n) is 2.83. The molecule has 1 aromatic rings. The summed E-state index contributed by atoms with van der Waals surface area (Å²) in [6.07, 6.45) is 5.30. The SMILES string of the molecule is NC1CCC2(CC1)Cc1ccc(Cl)cc1O2. The van der Waals surface area contributed by atoms with Gasteiger partial charge in [0, 0.05) is 17.5 Å². The predicted molar refractivity (Wildman–Crippen MR) is 65.0 cm³/mol. The largest absolute Gasteiger partial charge is 0.487 e. The van der Waals surface area contributed by atoms with Crippen LogP contribution in [0.1, 0.15) is 31.2 Å². The third-order valence-corrected chi connectivity index (χ3v) is 4.04. The van der Waals surface area contributed by atoms with Gasteiger partial charge in [-0.15, -0.1) is 0 Å². The lowest BCUT2D eigenvalue weighted by Crippen LogP contribution is -2.42. The summed E-state index contributed by atoms with van der Waals surface area (Å²) in [4.78, 5) is 0. The first kappa shape index (κ1) is 10.4. The van der Waals surface area contributed by atoms with Gasteiger partial charge in [0.05, 0.1) is 0 Å². The molecule has 3 heteroatoms. The minimum Gasteiger partial charge on any atom is -0.487 e. The molecule has 0 radical (unpaired) electrons. The van der Waals surface area contributed by atoms with Gasteiger partial charge in [-0.2, -0.15) is 0 Å². The zero-order valence-electron chi connectivity index (χ0n) is 9.21. The first-order valence-electron chi connectivity index (χ1n) is 5.90. The molecule has 2 aliphatic rings. The Morgan fingerprint density at radius 2 is 2.06 bits per heavy atom. The molecule has 1 aliphatic heterocycles. The smallest absolute Gasteiger partial charge is 0.124 e. The third kappa shape index (κ3) is 1.70. The molecule has 0 saturated heterocycles. The number of hydrogen-bond donors (Lipinski definition) is 1. The van der Waals surface area contributed by atoms with Crippen molar-refractivity contribution >= 4 is 11.6 Å². The summed E-state index contributed by atoms with van der Waals surface area (Å²) in [5.41, 5.74) is 7.25. The van der Waals surface area contributed by atoms with Gasteiger partial charge in [-0.05, 0) is 43.4 Å². The van der Waals surface area contributed by atoms with Gasteiger partial charge in [0.15, 0.2) is 0 Å². The van der Waals surface area contributed by atoms with Crippen molar-refractivity contribution < 1.29 is 4.74 Å². The fraction of sp³-hybridized carbons (Fsp3) is 0.538. The molecule has 0 atom stereocenters. The van der Waals surface area contributed by atoms with Crippen LogP contribution in [-0.4, -0.2) is 11.6 Å². The normalized spacial score (nSPS) is 32.5. The van der Waals surface area contributed by atoms with E-state index in [0.29, 0.717) is 6.04 Å². The second-order valence-electron chi connectivity index (χ2n) is 5.05. The van der Waals surface area contributed by atoms with Gasteiger partial charge < -0.3 is 10.5 Å². The van der Waals surface area contributed by atoms with E-state index in [4.69, 9.17) is 22.1 Å².